The summed E-state index contributed by atoms with van der Waals surface area (Å²) in [6.45, 7) is 4.24. The average molecular weight is 291 g/mol. The third-order valence-corrected chi connectivity index (χ3v) is 3.41. The van der Waals surface area contributed by atoms with E-state index in [-0.39, 0.29) is 12.5 Å². The highest BCUT2D eigenvalue weighted by molar-refractivity contribution is 6.16. The van der Waals surface area contributed by atoms with Gasteiger partial charge in [-0.2, -0.15) is 0 Å². The van der Waals surface area contributed by atoms with Crippen LogP contribution in [0.2, 0.25) is 0 Å². The van der Waals surface area contributed by atoms with E-state index in [1.54, 1.807) is 19.1 Å². The Hall–Kier alpha value is -2.37. The molecule has 112 valence electrons. The molecular weight excluding hydrogens is 274 g/mol. The number of benzene rings is 1. The van der Waals surface area contributed by atoms with Gasteiger partial charge in [-0.1, -0.05) is 0 Å². The minimum absolute atomic E-state index is 0.260. The van der Waals surface area contributed by atoms with Gasteiger partial charge < -0.3 is 14.4 Å². The Morgan fingerprint density at radius 1 is 1.29 bits per heavy atom. The second-order valence-corrected chi connectivity index (χ2v) is 4.53. The molecule has 1 aromatic rings. The Bertz CT molecular complexity index is 596. The number of fused-ring (bicyclic) bond motifs is 1. The fourth-order valence-electron chi connectivity index (χ4n) is 2.45. The van der Waals surface area contributed by atoms with E-state index < -0.39 is 17.9 Å². The Kier molecular flexibility index (Phi) is 4.26. The van der Waals surface area contributed by atoms with E-state index in [1.807, 2.05) is 6.92 Å². The van der Waals surface area contributed by atoms with Crippen LogP contribution in [0.4, 0.5) is 5.69 Å². The van der Waals surface area contributed by atoms with Crippen LogP contribution in [0.5, 0.6) is 0 Å². The second-order valence-electron chi connectivity index (χ2n) is 4.53. The first-order valence-electron chi connectivity index (χ1n) is 6.75. The molecule has 1 unspecified atom stereocenters. The van der Waals surface area contributed by atoms with Gasteiger partial charge in [0, 0.05) is 17.8 Å². The van der Waals surface area contributed by atoms with E-state index >= 15 is 0 Å². The summed E-state index contributed by atoms with van der Waals surface area (Å²) in [5.74, 6) is -2.45. The Morgan fingerprint density at radius 3 is 2.57 bits per heavy atom. The first kappa shape index (κ1) is 15.0. The van der Waals surface area contributed by atoms with Gasteiger partial charge in [0.25, 0.3) is 0 Å². The number of ether oxygens (including phenoxy) is 2. The topological polar surface area (TPSA) is 72.9 Å². The molecule has 6 heteroatoms. The summed E-state index contributed by atoms with van der Waals surface area (Å²) >= 11 is 0. The molecule has 0 radical (unpaired) electrons. The van der Waals surface area contributed by atoms with Crippen molar-refractivity contribution in [3.05, 3.63) is 29.3 Å². The van der Waals surface area contributed by atoms with Crippen molar-refractivity contribution in [2.45, 2.75) is 19.8 Å². The van der Waals surface area contributed by atoms with Crippen LogP contribution in [0.25, 0.3) is 0 Å². The van der Waals surface area contributed by atoms with Crippen LogP contribution < -0.4 is 4.90 Å². The third-order valence-electron chi connectivity index (χ3n) is 3.41. The van der Waals surface area contributed by atoms with Gasteiger partial charge in [0.15, 0.2) is 5.92 Å². The molecule has 1 aliphatic rings. The maximum absolute atomic E-state index is 12.3. The van der Waals surface area contributed by atoms with Gasteiger partial charge in [0.05, 0.1) is 19.3 Å². The van der Waals surface area contributed by atoms with Crippen molar-refractivity contribution in [2.75, 3.05) is 25.2 Å². The molecule has 1 aliphatic heterocycles. The largest absolute Gasteiger partial charge is 0.468 e. The van der Waals surface area contributed by atoms with Crippen LogP contribution in [0.15, 0.2) is 18.2 Å². The molecule has 0 bridgehead atoms. The van der Waals surface area contributed by atoms with Gasteiger partial charge in [0.2, 0.25) is 5.91 Å². The van der Waals surface area contributed by atoms with Crippen molar-refractivity contribution in [1.82, 2.24) is 0 Å². The Balaban J connectivity index is 2.49. The summed E-state index contributed by atoms with van der Waals surface area (Å²) in [5.41, 5.74) is 1.43. The first-order valence-corrected chi connectivity index (χ1v) is 6.75. The molecule has 0 N–H and O–H groups in total. The van der Waals surface area contributed by atoms with Crippen molar-refractivity contribution in [1.29, 1.82) is 0 Å². The molecule has 0 aliphatic carbocycles. The molecule has 0 fully saturated rings. The lowest BCUT2D eigenvalue weighted by atomic mass is 9.99. The van der Waals surface area contributed by atoms with E-state index in [1.165, 1.54) is 18.1 Å². The summed E-state index contributed by atoms with van der Waals surface area (Å²) in [5, 5.41) is 0. The Labute approximate surface area is 122 Å². The van der Waals surface area contributed by atoms with E-state index in [0.717, 1.165) is 0 Å². The molecule has 21 heavy (non-hydrogen) atoms. The molecular formula is C15H17NO5. The van der Waals surface area contributed by atoms with Crippen molar-refractivity contribution in [3.8, 4) is 0 Å². The molecule has 6 nitrogen and oxygen atoms in total. The lowest BCUT2D eigenvalue weighted by molar-refractivity contribution is -0.145. The predicted molar refractivity (Wildman–Crippen MR) is 75.2 cm³/mol. The molecule has 0 spiro atoms. The van der Waals surface area contributed by atoms with E-state index in [4.69, 9.17) is 9.47 Å². The molecule has 0 aromatic heterocycles. The van der Waals surface area contributed by atoms with E-state index in [9.17, 15) is 14.4 Å². The fourth-order valence-corrected chi connectivity index (χ4v) is 2.45. The summed E-state index contributed by atoms with van der Waals surface area (Å²) in [6, 6.07) is 4.78. The number of carbonyl (C=O) groups is 3. The summed E-state index contributed by atoms with van der Waals surface area (Å²) in [7, 11) is 1.24. The fraction of sp³-hybridized carbons (Fsp3) is 0.400. The SMILES string of the molecule is CCOC(=O)c1ccc2c(c1)C(C(=O)OC)C(=O)N2CC. The molecule has 1 aromatic carbocycles. The monoisotopic (exact) mass is 291 g/mol. The van der Waals surface area contributed by atoms with Crippen molar-refractivity contribution in [3.63, 3.8) is 0 Å². The standard InChI is InChI=1S/C15H17NO5/c1-4-16-11-7-6-9(14(18)21-5-2)8-10(11)12(13(16)17)15(19)20-3/h6-8,12H,4-5H2,1-3H3. The molecule has 0 saturated carbocycles. The quantitative estimate of drug-likeness (QED) is 0.620. The second kappa shape index (κ2) is 5.95. The number of likely N-dealkylation sites (N-methyl/N-ethyl adjacent to an activating group) is 1. The highest BCUT2D eigenvalue weighted by Gasteiger charge is 2.42. The van der Waals surface area contributed by atoms with Gasteiger partial charge in [0.1, 0.15) is 0 Å². The van der Waals surface area contributed by atoms with Crippen LogP contribution in [0.3, 0.4) is 0 Å². The normalized spacial score (nSPS) is 16.6. The number of methoxy groups -OCH3 is 1. The zero-order valence-corrected chi connectivity index (χ0v) is 12.2. The van der Waals surface area contributed by atoms with Gasteiger partial charge in [-0.05, 0) is 32.0 Å². The van der Waals surface area contributed by atoms with Crippen LogP contribution in [0, 0.1) is 0 Å². The third kappa shape index (κ3) is 2.49. The molecule has 1 heterocycles. The van der Waals surface area contributed by atoms with E-state index in [2.05, 4.69) is 0 Å². The molecule has 1 amide bonds. The van der Waals surface area contributed by atoms with Crippen molar-refractivity contribution < 1.29 is 23.9 Å². The zero-order valence-electron chi connectivity index (χ0n) is 12.2. The minimum atomic E-state index is -1.01. The van der Waals surface area contributed by atoms with Crippen LogP contribution in [-0.2, 0) is 19.1 Å². The molecule has 1 atom stereocenters. The number of hydrogen-bond acceptors (Lipinski definition) is 5. The van der Waals surface area contributed by atoms with Crippen LogP contribution in [-0.4, -0.2) is 38.1 Å². The highest BCUT2D eigenvalue weighted by Crippen LogP contribution is 2.38. The van der Waals surface area contributed by atoms with Gasteiger partial charge in [-0.25, -0.2) is 4.79 Å². The highest BCUT2D eigenvalue weighted by atomic mass is 16.5. The Morgan fingerprint density at radius 2 is 2.00 bits per heavy atom. The minimum Gasteiger partial charge on any atom is -0.468 e. The number of anilines is 1. The predicted octanol–water partition coefficient (Wildman–Crippen LogP) is 1.49. The summed E-state index contributed by atoms with van der Waals surface area (Å²) in [4.78, 5) is 37.5. The maximum atomic E-state index is 12.3. The summed E-state index contributed by atoms with van der Waals surface area (Å²) < 4.78 is 9.64. The average Bonchev–Trinajstić information content (AvgIpc) is 2.77. The van der Waals surface area contributed by atoms with Crippen LogP contribution in [0.1, 0.15) is 35.7 Å². The number of carbonyl (C=O) groups excluding carboxylic acids is 3. The van der Waals surface area contributed by atoms with Gasteiger partial charge in [-0.3, -0.25) is 9.59 Å². The number of esters is 2. The van der Waals surface area contributed by atoms with Gasteiger partial charge in [-0.15, -0.1) is 0 Å². The number of rotatable bonds is 4. The van der Waals surface area contributed by atoms with Gasteiger partial charge >= 0.3 is 11.9 Å². The maximum Gasteiger partial charge on any atom is 0.338 e. The number of amides is 1. The molecule has 2 rings (SSSR count). The van der Waals surface area contributed by atoms with Crippen molar-refractivity contribution >= 4 is 23.5 Å². The number of hydrogen-bond donors (Lipinski definition) is 0. The van der Waals surface area contributed by atoms with Crippen LogP contribution >= 0.6 is 0 Å². The molecule has 0 saturated heterocycles. The van der Waals surface area contributed by atoms with Crippen molar-refractivity contribution in [2.24, 2.45) is 0 Å². The smallest absolute Gasteiger partial charge is 0.338 e. The zero-order chi connectivity index (χ0) is 15.6. The first-order chi connectivity index (χ1) is 10.0. The van der Waals surface area contributed by atoms with E-state index in [0.29, 0.717) is 23.4 Å². The lowest BCUT2D eigenvalue weighted by Gasteiger charge is -2.14. The summed E-state index contributed by atoms with van der Waals surface area (Å²) in [6.07, 6.45) is 0. The lowest BCUT2D eigenvalue weighted by Crippen LogP contribution is -2.31. The number of nitrogens with zero attached hydrogens (tertiary/aromatic N) is 1.